The standard InChI is InChI=1S/C17H24N2O2S.ClH/c20-17(14-10-12-4-1-2-5-13(12)18-14)19-7-8-21-15(11-19)16-6-3-9-22-16;/h3,6,9,12-15,18H,1-2,4-5,7-8,10-11H2;1H. The number of thiophene rings is 1. The molecule has 4 unspecified atom stereocenters. The van der Waals surface area contributed by atoms with E-state index in [0.717, 1.165) is 18.9 Å². The van der Waals surface area contributed by atoms with E-state index >= 15 is 0 Å². The van der Waals surface area contributed by atoms with Crippen LogP contribution >= 0.6 is 23.7 Å². The van der Waals surface area contributed by atoms with Crippen molar-refractivity contribution in [1.29, 1.82) is 0 Å². The zero-order valence-electron chi connectivity index (χ0n) is 13.3. The first-order valence-electron chi connectivity index (χ1n) is 8.51. The van der Waals surface area contributed by atoms with Crippen molar-refractivity contribution >= 4 is 29.7 Å². The number of amides is 1. The van der Waals surface area contributed by atoms with Gasteiger partial charge in [-0.05, 0) is 36.6 Å². The van der Waals surface area contributed by atoms with E-state index in [1.165, 1.54) is 30.6 Å². The minimum atomic E-state index is 0. The Balaban J connectivity index is 0.00000156. The lowest BCUT2D eigenvalue weighted by atomic mass is 9.85. The van der Waals surface area contributed by atoms with Gasteiger partial charge >= 0.3 is 0 Å². The van der Waals surface area contributed by atoms with Crippen LogP contribution in [0.5, 0.6) is 0 Å². The van der Waals surface area contributed by atoms with Crippen LogP contribution in [0.3, 0.4) is 0 Å². The Morgan fingerprint density at radius 3 is 3.00 bits per heavy atom. The molecule has 1 saturated carbocycles. The Kier molecular flexibility index (Phi) is 5.62. The number of rotatable bonds is 2. The molecule has 0 bridgehead atoms. The lowest BCUT2D eigenvalue weighted by Crippen LogP contribution is -2.50. The van der Waals surface area contributed by atoms with Gasteiger partial charge in [0.1, 0.15) is 6.10 Å². The molecule has 2 aliphatic heterocycles. The van der Waals surface area contributed by atoms with Gasteiger partial charge in [-0.15, -0.1) is 23.7 Å². The van der Waals surface area contributed by atoms with Crippen LogP contribution in [-0.4, -0.2) is 42.6 Å². The molecule has 0 radical (unpaired) electrons. The predicted octanol–water partition coefficient (Wildman–Crippen LogP) is 2.99. The average molecular weight is 357 g/mol. The number of morpholine rings is 1. The molecule has 1 aromatic heterocycles. The topological polar surface area (TPSA) is 41.6 Å². The summed E-state index contributed by atoms with van der Waals surface area (Å²) in [7, 11) is 0. The van der Waals surface area contributed by atoms with Crippen LogP contribution in [0.4, 0.5) is 0 Å². The number of halogens is 1. The Bertz CT molecular complexity index is 511. The zero-order valence-corrected chi connectivity index (χ0v) is 14.9. The maximum Gasteiger partial charge on any atom is 0.239 e. The molecule has 3 fully saturated rings. The van der Waals surface area contributed by atoms with Gasteiger partial charge in [-0.25, -0.2) is 0 Å². The van der Waals surface area contributed by atoms with Gasteiger partial charge < -0.3 is 15.0 Å². The van der Waals surface area contributed by atoms with E-state index in [-0.39, 0.29) is 24.6 Å². The van der Waals surface area contributed by atoms with Gasteiger partial charge in [0.2, 0.25) is 5.91 Å². The monoisotopic (exact) mass is 356 g/mol. The molecule has 1 aromatic rings. The number of fused-ring (bicyclic) bond motifs is 1. The highest BCUT2D eigenvalue weighted by molar-refractivity contribution is 7.10. The Hall–Kier alpha value is -0.620. The first-order valence-corrected chi connectivity index (χ1v) is 9.39. The molecule has 0 aromatic carbocycles. The molecule has 3 heterocycles. The molecule has 2 saturated heterocycles. The van der Waals surface area contributed by atoms with Gasteiger partial charge in [0.25, 0.3) is 0 Å². The summed E-state index contributed by atoms with van der Waals surface area (Å²) in [6.45, 7) is 2.08. The van der Waals surface area contributed by atoms with Gasteiger partial charge in [0, 0.05) is 17.5 Å². The molecule has 1 N–H and O–H groups in total. The van der Waals surface area contributed by atoms with Crippen LogP contribution in [0.2, 0.25) is 0 Å². The maximum atomic E-state index is 12.9. The van der Waals surface area contributed by atoms with Crippen LogP contribution < -0.4 is 5.32 Å². The number of hydrogen-bond donors (Lipinski definition) is 1. The summed E-state index contributed by atoms with van der Waals surface area (Å²) in [6, 6.07) is 4.77. The van der Waals surface area contributed by atoms with Crippen LogP contribution in [-0.2, 0) is 9.53 Å². The number of hydrogen-bond acceptors (Lipinski definition) is 4. The number of carbonyl (C=O) groups excluding carboxylic acids is 1. The van der Waals surface area contributed by atoms with Gasteiger partial charge in [0.15, 0.2) is 0 Å². The van der Waals surface area contributed by atoms with Crippen LogP contribution in [0.1, 0.15) is 43.1 Å². The molecular formula is C17H25ClN2O2S. The van der Waals surface area contributed by atoms with Crippen LogP contribution in [0, 0.1) is 5.92 Å². The summed E-state index contributed by atoms with van der Waals surface area (Å²) < 4.78 is 5.86. The molecule has 1 aliphatic carbocycles. The molecule has 3 aliphatic rings. The summed E-state index contributed by atoms with van der Waals surface area (Å²) >= 11 is 1.71. The highest BCUT2D eigenvalue weighted by Crippen LogP contribution is 2.34. The number of nitrogens with zero attached hydrogens (tertiary/aromatic N) is 1. The summed E-state index contributed by atoms with van der Waals surface area (Å²) in [5.41, 5.74) is 0. The summed E-state index contributed by atoms with van der Waals surface area (Å²) in [6.07, 6.45) is 6.28. The second kappa shape index (κ2) is 7.51. The minimum Gasteiger partial charge on any atom is -0.369 e. The van der Waals surface area contributed by atoms with E-state index in [1.54, 1.807) is 11.3 Å². The summed E-state index contributed by atoms with van der Waals surface area (Å²) in [4.78, 5) is 16.1. The number of ether oxygens (including phenoxy) is 1. The molecule has 0 spiro atoms. The molecule has 128 valence electrons. The third-order valence-electron chi connectivity index (χ3n) is 5.40. The van der Waals surface area contributed by atoms with Crippen molar-refractivity contribution < 1.29 is 9.53 Å². The SMILES string of the molecule is Cl.O=C(C1CC2CCCCC2N1)N1CCOC(c2cccs2)C1. The zero-order chi connectivity index (χ0) is 14.9. The highest BCUT2D eigenvalue weighted by Gasteiger charge is 2.40. The molecular weight excluding hydrogens is 332 g/mol. The largest absolute Gasteiger partial charge is 0.369 e. The van der Waals surface area contributed by atoms with Gasteiger partial charge in [-0.1, -0.05) is 18.9 Å². The maximum absolute atomic E-state index is 12.9. The summed E-state index contributed by atoms with van der Waals surface area (Å²) in [5, 5.41) is 5.68. The van der Waals surface area contributed by atoms with E-state index in [4.69, 9.17) is 4.74 Å². The lowest BCUT2D eigenvalue weighted by Gasteiger charge is -2.34. The van der Waals surface area contributed by atoms with E-state index < -0.39 is 0 Å². The Morgan fingerprint density at radius 2 is 2.22 bits per heavy atom. The molecule has 23 heavy (non-hydrogen) atoms. The van der Waals surface area contributed by atoms with Crippen molar-refractivity contribution in [2.24, 2.45) is 5.92 Å². The second-order valence-electron chi connectivity index (χ2n) is 6.77. The molecule has 4 rings (SSSR count). The highest BCUT2D eigenvalue weighted by atomic mass is 35.5. The van der Waals surface area contributed by atoms with Crippen molar-refractivity contribution in [3.63, 3.8) is 0 Å². The Labute approximate surface area is 148 Å². The van der Waals surface area contributed by atoms with Crippen LogP contribution in [0.25, 0.3) is 0 Å². The van der Waals surface area contributed by atoms with E-state index in [9.17, 15) is 4.79 Å². The fourth-order valence-corrected chi connectivity index (χ4v) is 4.99. The fourth-order valence-electron chi connectivity index (χ4n) is 4.23. The average Bonchev–Trinajstić information content (AvgIpc) is 3.23. The fraction of sp³-hybridized carbons (Fsp3) is 0.706. The van der Waals surface area contributed by atoms with Gasteiger partial charge in [0.05, 0.1) is 19.2 Å². The second-order valence-corrected chi connectivity index (χ2v) is 7.74. The molecule has 4 atom stereocenters. The van der Waals surface area contributed by atoms with Gasteiger partial charge in [-0.3, -0.25) is 4.79 Å². The van der Waals surface area contributed by atoms with Crippen LogP contribution in [0.15, 0.2) is 17.5 Å². The Morgan fingerprint density at radius 1 is 1.35 bits per heavy atom. The third-order valence-corrected chi connectivity index (χ3v) is 6.36. The van der Waals surface area contributed by atoms with Crippen molar-refractivity contribution in [3.8, 4) is 0 Å². The first-order chi connectivity index (χ1) is 10.8. The van der Waals surface area contributed by atoms with E-state index in [0.29, 0.717) is 25.1 Å². The lowest BCUT2D eigenvalue weighted by molar-refractivity contribution is -0.140. The van der Waals surface area contributed by atoms with E-state index in [2.05, 4.69) is 16.8 Å². The van der Waals surface area contributed by atoms with Crippen molar-refractivity contribution in [2.75, 3.05) is 19.7 Å². The minimum absolute atomic E-state index is 0. The molecule has 1 amide bonds. The molecule has 6 heteroatoms. The van der Waals surface area contributed by atoms with E-state index in [1.807, 2.05) is 11.0 Å². The smallest absolute Gasteiger partial charge is 0.239 e. The quantitative estimate of drug-likeness (QED) is 0.885. The number of nitrogens with one attached hydrogen (secondary N) is 1. The third kappa shape index (κ3) is 3.58. The molecule has 4 nitrogen and oxygen atoms in total. The van der Waals surface area contributed by atoms with Crippen molar-refractivity contribution in [2.45, 2.75) is 50.3 Å². The normalized spacial score (nSPS) is 33.8. The predicted molar refractivity (Wildman–Crippen MR) is 94.1 cm³/mol. The summed E-state index contributed by atoms with van der Waals surface area (Å²) in [5.74, 6) is 1.01. The number of carbonyl (C=O) groups is 1. The first kappa shape index (κ1) is 17.2. The van der Waals surface area contributed by atoms with Gasteiger partial charge in [-0.2, -0.15) is 0 Å². The van der Waals surface area contributed by atoms with Crippen molar-refractivity contribution in [1.82, 2.24) is 10.2 Å². The van der Waals surface area contributed by atoms with Crippen molar-refractivity contribution in [3.05, 3.63) is 22.4 Å².